The summed E-state index contributed by atoms with van der Waals surface area (Å²) in [5.41, 5.74) is -2.94. The van der Waals surface area contributed by atoms with Crippen molar-refractivity contribution < 1.29 is 9.47 Å². The Kier molecular flexibility index (Phi) is 2.98. The van der Waals surface area contributed by atoms with Crippen LogP contribution in [0.5, 0.6) is 0 Å². The third-order valence-electron chi connectivity index (χ3n) is 5.10. The van der Waals surface area contributed by atoms with Crippen molar-refractivity contribution in [1.29, 1.82) is 21.2 Å². The number of hydrogen-bond donors (Lipinski definition) is 1. The molecule has 0 spiro atoms. The van der Waals surface area contributed by atoms with E-state index in [9.17, 15) is 15.8 Å². The molecular formula is C17H14N4O2. The lowest BCUT2D eigenvalue weighted by Gasteiger charge is -2.47. The van der Waals surface area contributed by atoms with Gasteiger partial charge < -0.3 is 9.47 Å². The Labute approximate surface area is 134 Å². The predicted octanol–water partition coefficient (Wildman–Crippen LogP) is 2.66. The Balaban J connectivity index is 2.34. The smallest absolute Gasteiger partial charge is 0.214 e. The molecule has 0 aromatic heterocycles. The summed E-state index contributed by atoms with van der Waals surface area (Å²) >= 11 is 0. The van der Waals surface area contributed by atoms with E-state index in [-0.39, 0.29) is 5.90 Å². The van der Waals surface area contributed by atoms with Crippen LogP contribution in [0.15, 0.2) is 30.3 Å². The second-order valence-electron chi connectivity index (χ2n) is 6.03. The van der Waals surface area contributed by atoms with Crippen LogP contribution in [0.1, 0.15) is 25.5 Å². The van der Waals surface area contributed by atoms with E-state index in [2.05, 4.69) is 6.07 Å². The molecule has 2 bridgehead atoms. The van der Waals surface area contributed by atoms with E-state index in [1.165, 1.54) is 0 Å². The Morgan fingerprint density at radius 1 is 1.09 bits per heavy atom. The van der Waals surface area contributed by atoms with E-state index in [1.54, 1.807) is 38.1 Å². The Bertz CT molecular complexity index is 787. The van der Waals surface area contributed by atoms with Gasteiger partial charge in [-0.1, -0.05) is 37.3 Å². The van der Waals surface area contributed by atoms with Crippen LogP contribution in [0.4, 0.5) is 0 Å². The Hall–Kier alpha value is -2.88. The van der Waals surface area contributed by atoms with Gasteiger partial charge in [-0.15, -0.1) is 0 Å². The number of nitriles is 3. The highest BCUT2D eigenvalue weighted by Crippen LogP contribution is 2.66. The largest absolute Gasteiger partial charge is 0.448 e. The van der Waals surface area contributed by atoms with Gasteiger partial charge in [0.1, 0.15) is 6.10 Å². The molecule has 1 aromatic carbocycles. The zero-order valence-electron chi connectivity index (χ0n) is 12.7. The molecule has 2 saturated heterocycles. The van der Waals surface area contributed by atoms with Crippen LogP contribution in [0, 0.1) is 56.2 Å². The molecule has 6 nitrogen and oxygen atoms in total. The third-order valence-corrected chi connectivity index (χ3v) is 5.10. The maximum Gasteiger partial charge on any atom is 0.214 e. The lowest BCUT2D eigenvalue weighted by atomic mass is 9.54. The molecule has 4 atom stereocenters. The molecule has 114 valence electrons. The molecule has 2 aliphatic rings. The molecule has 6 heteroatoms. The zero-order valence-corrected chi connectivity index (χ0v) is 12.7. The van der Waals surface area contributed by atoms with Crippen LogP contribution >= 0.6 is 0 Å². The highest BCUT2D eigenvalue weighted by molar-refractivity contribution is 5.89. The van der Waals surface area contributed by atoms with Gasteiger partial charge in [0, 0.05) is 6.92 Å². The van der Waals surface area contributed by atoms with Crippen molar-refractivity contribution in [2.45, 2.75) is 25.7 Å². The summed E-state index contributed by atoms with van der Waals surface area (Å²) in [6.45, 7) is 3.31. The van der Waals surface area contributed by atoms with Gasteiger partial charge in [0.2, 0.25) is 17.1 Å². The predicted molar refractivity (Wildman–Crippen MR) is 78.4 cm³/mol. The molecule has 0 aliphatic carbocycles. The van der Waals surface area contributed by atoms with Crippen molar-refractivity contribution in [1.82, 2.24) is 0 Å². The normalized spacial score (nSPS) is 37.1. The molecule has 1 N–H and O–H groups in total. The molecule has 0 amide bonds. The fraction of sp³-hybridized carbons (Fsp3) is 0.412. The molecule has 2 heterocycles. The van der Waals surface area contributed by atoms with Gasteiger partial charge in [-0.3, -0.25) is 5.41 Å². The Morgan fingerprint density at radius 3 is 2.22 bits per heavy atom. The summed E-state index contributed by atoms with van der Waals surface area (Å²) in [6.07, 6.45) is -0.984. The van der Waals surface area contributed by atoms with Crippen molar-refractivity contribution in [3.63, 3.8) is 0 Å². The van der Waals surface area contributed by atoms with E-state index < -0.39 is 28.6 Å². The summed E-state index contributed by atoms with van der Waals surface area (Å²) in [6, 6.07) is 14.8. The van der Waals surface area contributed by atoms with Crippen LogP contribution < -0.4 is 0 Å². The van der Waals surface area contributed by atoms with Crippen LogP contribution in [0.3, 0.4) is 0 Å². The van der Waals surface area contributed by atoms with Gasteiger partial charge in [0.15, 0.2) is 5.41 Å². The minimum absolute atomic E-state index is 0.378. The fourth-order valence-corrected chi connectivity index (χ4v) is 3.64. The first-order chi connectivity index (χ1) is 10.9. The van der Waals surface area contributed by atoms with E-state index in [0.717, 1.165) is 0 Å². The van der Waals surface area contributed by atoms with Gasteiger partial charge in [0.05, 0.1) is 24.1 Å². The first-order valence-electron chi connectivity index (χ1n) is 7.16. The Morgan fingerprint density at radius 2 is 1.70 bits per heavy atom. The molecule has 2 fully saturated rings. The number of rotatable bonds is 1. The molecule has 3 rings (SSSR count). The van der Waals surface area contributed by atoms with Gasteiger partial charge in [-0.05, 0) is 5.56 Å². The lowest BCUT2D eigenvalue weighted by Crippen LogP contribution is -2.57. The molecule has 23 heavy (non-hydrogen) atoms. The van der Waals surface area contributed by atoms with Crippen molar-refractivity contribution >= 4 is 5.90 Å². The van der Waals surface area contributed by atoms with Gasteiger partial charge in [-0.25, -0.2) is 0 Å². The summed E-state index contributed by atoms with van der Waals surface area (Å²) in [5, 5.41) is 37.7. The molecule has 2 aliphatic heterocycles. The molecular weight excluding hydrogens is 292 g/mol. The van der Waals surface area contributed by atoms with E-state index in [1.807, 2.05) is 18.2 Å². The first kappa shape index (κ1) is 15.0. The second-order valence-corrected chi connectivity index (χ2v) is 6.03. The van der Waals surface area contributed by atoms with Crippen molar-refractivity contribution in [3.8, 4) is 18.2 Å². The third kappa shape index (κ3) is 1.50. The summed E-state index contributed by atoms with van der Waals surface area (Å²) in [7, 11) is 0. The fourth-order valence-electron chi connectivity index (χ4n) is 3.64. The summed E-state index contributed by atoms with van der Waals surface area (Å²) < 4.78 is 11.5. The monoisotopic (exact) mass is 306 g/mol. The van der Waals surface area contributed by atoms with Gasteiger partial charge >= 0.3 is 0 Å². The second kappa shape index (κ2) is 4.56. The van der Waals surface area contributed by atoms with Crippen LogP contribution in [0.2, 0.25) is 0 Å². The topological polar surface area (TPSA) is 114 Å². The highest BCUT2D eigenvalue weighted by atomic mass is 16.7. The summed E-state index contributed by atoms with van der Waals surface area (Å²) in [5.74, 6) is -2.24. The standard InChI is InChI=1S/C17H14N4O2/c1-11-15(2)22-13(12-6-4-3-5-7-12)16(8-18,9-19)17(11,10-20)14(21)23-15/h3-7,11,13,21H,1-2H3/t11-,13+,15+,17+/m1/s1. The minimum atomic E-state index is -1.87. The van der Waals surface area contributed by atoms with Gasteiger partial charge in [0.25, 0.3) is 0 Å². The van der Waals surface area contributed by atoms with Crippen molar-refractivity contribution in [2.24, 2.45) is 16.7 Å². The van der Waals surface area contributed by atoms with Crippen molar-refractivity contribution in [3.05, 3.63) is 35.9 Å². The SMILES string of the molecule is C[C@@H]1[C@]2(C)OC(=N)[C@@]1(C#N)C(C#N)(C#N)[C@H](c1ccccc1)O2. The minimum Gasteiger partial charge on any atom is -0.448 e. The molecule has 1 aromatic rings. The molecule has 0 saturated carbocycles. The molecule has 0 unspecified atom stereocenters. The zero-order chi connectivity index (χ0) is 16.9. The molecule has 0 radical (unpaired) electrons. The number of fused-ring (bicyclic) bond motifs is 2. The van der Waals surface area contributed by atoms with Crippen LogP contribution in [-0.4, -0.2) is 11.7 Å². The average molecular weight is 306 g/mol. The highest BCUT2D eigenvalue weighted by Gasteiger charge is 2.78. The maximum absolute atomic E-state index is 9.86. The van der Waals surface area contributed by atoms with E-state index >= 15 is 0 Å². The van der Waals surface area contributed by atoms with Crippen LogP contribution in [-0.2, 0) is 9.47 Å². The number of nitrogens with zero attached hydrogens (tertiary/aromatic N) is 3. The summed E-state index contributed by atoms with van der Waals surface area (Å²) in [4.78, 5) is 0. The number of ether oxygens (including phenoxy) is 2. The first-order valence-corrected chi connectivity index (χ1v) is 7.16. The number of benzene rings is 1. The number of hydrogen-bond acceptors (Lipinski definition) is 6. The maximum atomic E-state index is 9.86. The van der Waals surface area contributed by atoms with Crippen LogP contribution in [0.25, 0.3) is 0 Å². The number of nitrogens with one attached hydrogen (secondary N) is 1. The van der Waals surface area contributed by atoms with Gasteiger partial charge in [-0.2, -0.15) is 15.8 Å². The van der Waals surface area contributed by atoms with E-state index in [0.29, 0.717) is 5.56 Å². The van der Waals surface area contributed by atoms with E-state index in [4.69, 9.17) is 14.9 Å². The average Bonchev–Trinajstić information content (AvgIpc) is 2.71. The quantitative estimate of drug-likeness (QED) is 0.856. The van der Waals surface area contributed by atoms with Crippen molar-refractivity contribution in [2.75, 3.05) is 0 Å². The lowest BCUT2D eigenvalue weighted by molar-refractivity contribution is -0.268.